The van der Waals surface area contributed by atoms with E-state index in [0.717, 1.165) is 42.4 Å². The van der Waals surface area contributed by atoms with Crippen molar-refractivity contribution in [3.8, 4) is 5.75 Å². The maximum absolute atomic E-state index is 5.46. The number of ether oxygens (including phenoxy) is 1. The van der Waals surface area contributed by atoms with Crippen molar-refractivity contribution in [2.45, 2.75) is 38.1 Å². The number of aromatic nitrogens is 2. The fourth-order valence-corrected chi connectivity index (χ4v) is 2.79. The van der Waals surface area contributed by atoms with Crippen LogP contribution in [0.25, 0.3) is 0 Å². The van der Waals surface area contributed by atoms with Crippen molar-refractivity contribution in [2.24, 2.45) is 0 Å². The van der Waals surface area contributed by atoms with Gasteiger partial charge in [-0.15, -0.1) is 0 Å². The maximum atomic E-state index is 5.46. The number of rotatable bonds is 4. The Morgan fingerprint density at radius 3 is 2.86 bits per heavy atom. The Morgan fingerprint density at radius 1 is 1.33 bits per heavy atom. The summed E-state index contributed by atoms with van der Waals surface area (Å²) in [7, 11) is 1.67. The van der Waals surface area contributed by atoms with E-state index in [0.29, 0.717) is 18.4 Å². The van der Waals surface area contributed by atoms with Gasteiger partial charge < -0.3 is 14.6 Å². The minimum Gasteiger partial charge on any atom is -0.497 e. The van der Waals surface area contributed by atoms with Crippen molar-refractivity contribution in [1.82, 2.24) is 15.5 Å². The molecular weight excluding hydrogens is 266 g/mol. The van der Waals surface area contributed by atoms with E-state index in [1.807, 2.05) is 24.3 Å². The van der Waals surface area contributed by atoms with Gasteiger partial charge in [0.15, 0.2) is 5.82 Å². The Hall–Kier alpha value is -1.88. The lowest BCUT2D eigenvalue weighted by Gasteiger charge is -2.25. The quantitative estimate of drug-likeness (QED) is 0.936. The molecule has 0 spiro atoms. The molecule has 0 aliphatic carbocycles. The average molecular weight is 287 g/mol. The van der Waals surface area contributed by atoms with Crippen molar-refractivity contribution in [3.05, 3.63) is 41.5 Å². The Morgan fingerprint density at radius 2 is 2.14 bits per heavy atom. The first-order valence-corrected chi connectivity index (χ1v) is 7.43. The zero-order valence-corrected chi connectivity index (χ0v) is 12.5. The maximum Gasteiger partial charge on any atom is 0.229 e. The molecule has 0 unspecified atom stereocenters. The summed E-state index contributed by atoms with van der Waals surface area (Å²) in [6, 6.07) is 8.47. The molecule has 1 aliphatic rings. The highest BCUT2D eigenvalue weighted by Gasteiger charge is 2.24. The number of piperidine rings is 1. The Labute approximate surface area is 124 Å². The summed E-state index contributed by atoms with van der Waals surface area (Å²) in [5, 5.41) is 7.55. The van der Waals surface area contributed by atoms with E-state index in [2.05, 4.69) is 22.4 Å². The third-order valence-corrected chi connectivity index (χ3v) is 3.98. The van der Waals surface area contributed by atoms with Crippen LogP contribution in [-0.4, -0.2) is 29.8 Å². The van der Waals surface area contributed by atoms with Crippen LogP contribution in [0.4, 0.5) is 0 Å². The summed E-state index contributed by atoms with van der Waals surface area (Å²) < 4.78 is 10.6. The lowest BCUT2D eigenvalue weighted by atomic mass is 9.93. The van der Waals surface area contributed by atoms with Crippen LogP contribution in [0.5, 0.6) is 5.75 Å². The monoisotopic (exact) mass is 287 g/mol. The van der Waals surface area contributed by atoms with E-state index >= 15 is 0 Å². The molecule has 2 aromatic rings. The lowest BCUT2D eigenvalue weighted by molar-refractivity contribution is 0.294. The molecule has 0 bridgehead atoms. The number of hydrogen-bond donors (Lipinski definition) is 1. The molecule has 0 amide bonds. The van der Waals surface area contributed by atoms with Crippen LogP contribution in [0.3, 0.4) is 0 Å². The first-order chi connectivity index (χ1) is 10.2. The summed E-state index contributed by atoms with van der Waals surface area (Å²) in [6.45, 7) is 3.21. The zero-order chi connectivity index (χ0) is 14.7. The second-order valence-corrected chi connectivity index (χ2v) is 5.65. The van der Waals surface area contributed by atoms with E-state index in [4.69, 9.17) is 9.26 Å². The highest BCUT2D eigenvalue weighted by atomic mass is 16.5. The molecule has 5 heteroatoms. The van der Waals surface area contributed by atoms with Crippen LogP contribution in [-0.2, 0) is 6.42 Å². The van der Waals surface area contributed by atoms with E-state index in [9.17, 15) is 0 Å². The molecule has 1 saturated heterocycles. The van der Waals surface area contributed by atoms with Crippen LogP contribution in [0.15, 0.2) is 28.8 Å². The predicted octanol–water partition coefficient (Wildman–Crippen LogP) is 2.52. The van der Waals surface area contributed by atoms with Crippen molar-refractivity contribution in [3.63, 3.8) is 0 Å². The zero-order valence-electron chi connectivity index (χ0n) is 12.5. The van der Waals surface area contributed by atoms with Gasteiger partial charge in [0.25, 0.3) is 0 Å². The second kappa shape index (κ2) is 6.26. The normalized spacial score (nSPS) is 22.2. The number of nitrogens with zero attached hydrogens (tertiary/aromatic N) is 2. The fourth-order valence-electron chi connectivity index (χ4n) is 2.79. The van der Waals surface area contributed by atoms with E-state index in [-0.39, 0.29) is 0 Å². The highest BCUT2D eigenvalue weighted by molar-refractivity contribution is 5.28. The molecule has 1 N–H and O–H groups in total. The Kier molecular flexibility index (Phi) is 4.20. The number of methoxy groups -OCH3 is 1. The predicted molar refractivity (Wildman–Crippen MR) is 79.5 cm³/mol. The van der Waals surface area contributed by atoms with Crippen LogP contribution in [0, 0.1) is 0 Å². The third kappa shape index (κ3) is 3.42. The molecule has 0 saturated carbocycles. The minimum absolute atomic E-state index is 0.387. The molecule has 1 aliphatic heterocycles. The fraction of sp³-hybridized carbons (Fsp3) is 0.500. The Bertz CT molecular complexity index is 579. The number of hydrogen-bond acceptors (Lipinski definition) is 5. The van der Waals surface area contributed by atoms with E-state index < -0.39 is 0 Å². The van der Waals surface area contributed by atoms with Crippen molar-refractivity contribution in [1.29, 1.82) is 0 Å². The van der Waals surface area contributed by atoms with Crippen LogP contribution in [0.2, 0.25) is 0 Å². The van der Waals surface area contributed by atoms with E-state index in [1.54, 1.807) is 7.11 Å². The lowest BCUT2D eigenvalue weighted by Crippen LogP contribution is -2.34. The van der Waals surface area contributed by atoms with Crippen molar-refractivity contribution in [2.75, 3.05) is 13.7 Å². The number of benzene rings is 1. The van der Waals surface area contributed by atoms with Gasteiger partial charge in [0.1, 0.15) is 5.75 Å². The van der Waals surface area contributed by atoms with Crippen molar-refractivity contribution < 1.29 is 9.26 Å². The van der Waals surface area contributed by atoms with Gasteiger partial charge in [0.05, 0.1) is 7.11 Å². The Balaban J connectivity index is 1.66. The molecule has 21 heavy (non-hydrogen) atoms. The molecule has 1 aromatic carbocycles. The largest absolute Gasteiger partial charge is 0.497 e. The van der Waals surface area contributed by atoms with Gasteiger partial charge in [0.2, 0.25) is 5.89 Å². The molecular formula is C16H21N3O2. The number of nitrogens with one attached hydrogen (secondary N) is 1. The van der Waals surface area contributed by atoms with Crippen LogP contribution in [0.1, 0.15) is 43.0 Å². The van der Waals surface area contributed by atoms with Gasteiger partial charge in [-0.05, 0) is 44.0 Å². The SMILES string of the molecule is COc1ccc(Cc2noc([C@H]3CCN[C@@H](C)C3)n2)cc1. The first kappa shape index (κ1) is 14.1. The standard InChI is InChI=1S/C16H21N3O2/c1-11-9-13(7-8-17-11)16-18-15(19-21-16)10-12-3-5-14(20-2)6-4-12/h3-6,11,13,17H,7-10H2,1-2H3/t11-,13-/m0/s1. The molecule has 1 aromatic heterocycles. The van der Waals surface area contributed by atoms with Gasteiger partial charge in [-0.1, -0.05) is 17.3 Å². The summed E-state index contributed by atoms with van der Waals surface area (Å²) in [4.78, 5) is 4.57. The van der Waals surface area contributed by atoms with Crippen LogP contribution < -0.4 is 10.1 Å². The second-order valence-electron chi connectivity index (χ2n) is 5.65. The molecule has 112 valence electrons. The summed E-state index contributed by atoms with van der Waals surface area (Å²) >= 11 is 0. The molecule has 0 radical (unpaired) electrons. The molecule has 3 rings (SSSR count). The smallest absolute Gasteiger partial charge is 0.229 e. The molecule has 2 heterocycles. The summed E-state index contributed by atoms with van der Waals surface area (Å²) in [6.07, 6.45) is 2.81. The van der Waals surface area contributed by atoms with Gasteiger partial charge >= 0.3 is 0 Å². The van der Waals surface area contributed by atoms with Gasteiger partial charge in [-0.25, -0.2) is 0 Å². The van der Waals surface area contributed by atoms with Crippen LogP contribution >= 0.6 is 0 Å². The van der Waals surface area contributed by atoms with Gasteiger partial charge in [-0.2, -0.15) is 4.98 Å². The minimum atomic E-state index is 0.387. The summed E-state index contributed by atoms with van der Waals surface area (Å²) in [5.74, 6) is 2.78. The molecule has 1 fully saturated rings. The van der Waals surface area contributed by atoms with E-state index in [1.165, 1.54) is 0 Å². The topological polar surface area (TPSA) is 60.2 Å². The van der Waals surface area contributed by atoms with Crippen molar-refractivity contribution >= 4 is 0 Å². The summed E-state index contributed by atoms with van der Waals surface area (Å²) in [5.41, 5.74) is 1.15. The van der Waals surface area contributed by atoms with Gasteiger partial charge in [0, 0.05) is 18.4 Å². The first-order valence-electron chi connectivity index (χ1n) is 7.43. The molecule has 5 nitrogen and oxygen atoms in total. The highest BCUT2D eigenvalue weighted by Crippen LogP contribution is 2.26. The molecule has 2 atom stereocenters. The van der Waals surface area contributed by atoms with Gasteiger partial charge in [-0.3, -0.25) is 0 Å². The average Bonchev–Trinajstić information content (AvgIpc) is 2.97. The third-order valence-electron chi connectivity index (χ3n) is 3.98.